The maximum absolute atomic E-state index is 14.1. The minimum atomic E-state index is -1.20. The van der Waals surface area contributed by atoms with E-state index in [0.29, 0.717) is 50.7 Å². The first-order valence-electron chi connectivity index (χ1n) is 20.4. The number of anilines is 5. The van der Waals surface area contributed by atoms with Crippen molar-refractivity contribution in [1.82, 2.24) is 39.3 Å². The molecule has 2 aromatic heterocycles. The SMILES string of the molecule is Cc1cc(Nc2ncn(-c3cc(F)cc(F)c3)n2)cc(N2CCN(C(C)C(O)C(Oc3cc(C)c(C)c(Nc4ncn(-c5cc(F)cc(F)c5)n4)c3)C(=O)N3CCCC3)CC2)c1. The average Bonchev–Trinajstić information content (AvgIpc) is 4.04. The van der Waals surface area contributed by atoms with Crippen LogP contribution in [0.15, 0.2) is 79.4 Å². The van der Waals surface area contributed by atoms with Crippen LogP contribution < -0.4 is 20.3 Å². The van der Waals surface area contributed by atoms with Crippen molar-refractivity contribution < 1.29 is 32.2 Å². The normalized spacial score (nSPS) is 16.0. The highest BCUT2D eigenvalue weighted by Crippen LogP contribution is 2.31. The summed E-state index contributed by atoms with van der Waals surface area (Å²) in [5.74, 6) is -2.39. The van der Waals surface area contributed by atoms with E-state index in [1.807, 2.05) is 45.9 Å². The van der Waals surface area contributed by atoms with Crippen LogP contribution in [0.3, 0.4) is 0 Å². The number of aryl methyl sites for hydroxylation is 2. The number of aliphatic hydroxyl groups excluding tert-OH is 1. The predicted octanol–water partition coefficient (Wildman–Crippen LogP) is 6.76. The highest BCUT2D eigenvalue weighted by atomic mass is 19.1. The van der Waals surface area contributed by atoms with Gasteiger partial charge in [-0.15, -0.1) is 10.2 Å². The van der Waals surface area contributed by atoms with E-state index in [4.69, 9.17) is 4.74 Å². The van der Waals surface area contributed by atoms with Crippen molar-refractivity contribution in [2.24, 2.45) is 0 Å². The molecule has 0 saturated carbocycles. The lowest BCUT2D eigenvalue weighted by Crippen LogP contribution is -2.58. The monoisotopic (exact) mass is 853 g/mol. The molecule has 324 valence electrons. The van der Waals surface area contributed by atoms with E-state index in [-0.39, 0.29) is 29.2 Å². The smallest absolute Gasteiger partial charge is 0.266 e. The molecule has 4 heterocycles. The van der Waals surface area contributed by atoms with Crippen LogP contribution >= 0.6 is 0 Å². The number of amides is 1. The molecule has 2 saturated heterocycles. The van der Waals surface area contributed by atoms with Gasteiger partial charge in [-0.05, 0) is 106 Å². The number of aliphatic hydroxyl groups is 1. The largest absolute Gasteiger partial charge is 0.478 e. The summed E-state index contributed by atoms with van der Waals surface area (Å²) in [6, 6.07) is 15.3. The standard InChI is InChI=1S/C44H47F4N11O3/c1-26-13-34(51-43-49-24-58(53-43)36-18-30(45)16-31(46)19-36)22-35(14-26)56-11-9-55(10-12-56)29(4)40(60)41(42(61)57-7-5-6-8-57)62-38-15-27(2)28(3)39(23-38)52-44-50-25-59(54-44)37-20-32(47)17-33(48)21-37/h13-25,29,40-41,60H,5-12H2,1-4H3,(H,51,53)(H,52,54). The van der Waals surface area contributed by atoms with Gasteiger partial charge in [-0.25, -0.2) is 26.9 Å². The van der Waals surface area contributed by atoms with E-state index in [1.54, 1.807) is 11.0 Å². The molecule has 0 radical (unpaired) electrons. The summed E-state index contributed by atoms with van der Waals surface area (Å²) >= 11 is 0. The molecule has 3 atom stereocenters. The maximum Gasteiger partial charge on any atom is 0.266 e. The van der Waals surface area contributed by atoms with Gasteiger partial charge in [0.05, 0.1) is 11.4 Å². The molecule has 0 aliphatic carbocycles. The van der Waals surface area contributed by atoms with Crippen molar-refractivity contribution in [2.45, 2.75) is 58.8 Å². The van der Waals surface area contributed by atoms with Gasteiger partial charge in [0.25, 0.3) is 5.91 Å². The molecule has 18 heteroatoms. The number of carbonyl (C=O) groups is 1. The van der Waals surface area contributed by atoms with Crippen molar-refractivity contribution in [1.29, 1.82) is 0 Å². The van der Waals surface area contributed by atoms with E-state index in [1.165, 1.54) is 34.2 Å². The highest BCUT2D eigenvalue weighted by molar-refractivity contribution is 5.82. The fourth-order valence-corrected chi connectivity index (χ4v) is 7.91. The first-order valence-corrected chi connectivity index (χ1v) is 20.4. The quantitative estimate of drug-likeness (QED) is 0.106. The Hall–Kier alpha value is -6.53. The van der Waals surface area contributed by atoms with Gasteiger partial charge in [0.15, 0.2) is 0 Å². The zero-order valence-electron chi connectivity index (χ0n) is 34.7. The van der Waals surface area contributed by atoms with Crippen LogP contribution in [0.25, 0.3) is 11.4 Å². The predicted molar refractivity (Wildman–Crippen MR) is 226 cm³/mol. The molecule has 14 nitrogen and oxygen atoms in total. The van der Waals surface area contributed by atoms with Crippen LogP contribution in [0.4, 0.5) is 46.5 Å². The van der Waals surface area contributed by atoms with Crippen molar-refractivity contribution in [3.8, 4) is 17.1 Å². The second kappa shape index (κ2) is 17.8. The van der Waals surface area contributed by atoms with Crippen LogP contribution in [-0.2, 0) is 4.79 Å². The van der Waals surface area contributed by atoms with E-state index in [0.717, 1.165) is 65.2 Å². The highest BCUT2D eigenvalue weighted by Gasteiger charge is 2.39. The summed E-state index contributed by atoms with van der Waals surface area (Å²) in [6.45, 7) is 11.4. The van der Waals surface area contributed by atoms with Crippen LogP contribution in [-0.4, -0.2) is 108 Å². The Morgan fingerprint density at radius 2 is 1.26 bits per heavy atom. The number of carbonyl (C=O) groups excluding carboxylic acids is 1. The number of piperazine rings is 1. The maximum atomic E-state index is 14.1. The van der Waals surface area contributed by atoms with E-state index in [2.05, 4.69) is 46.7 Å². The molecule has 62 heavy (non-hydrogen) atoms. The average molecular weight is 854 g/mol. The number of halogens is 4. The van der Waals surface area contributed by atoms with Crippen molar-refractivity contribution in [3.05, 3.63) is 119 Å². The third kappa shape index (κ3) is 9.50. The summed E-state index contributed by atoms with van der Waals surface area (Å²) in [5.41, 5.74) is 5.40. The van der Waals surface area contributed by atoms with E-state index in [9.17, 15) is 27.5 Å². The lowest BCUT2D eigenvalue weighted by Gasteiger charge is -2.42. The molecule has 3 unspecified atom stereocenters. The number of hydrogen-bond acceptors (Lipinski definition) is 11. The minimum Gasteiger partial charge on any atom is -0.478 e. The third-order valence-corrected chi connectivity index (χ3v) is 11.4. The first kappa shape index (κ1) is 42.2. The fourth-order valence-electron chi connectivity index (χ4n) is 7.91. The van der Waals surface area contributed by atoms with Gasteiger partial charge in [-0.3, -0.25) is 9.69 Å². The zero-order valence-corrected chi connectivity index (χ0v) is 34.7. The van der Waals surface area contributed by atoms with Gasteiger partial charge < -0.3 is 30.3 Å². The minimum absolute atomic E-state index is 0.169. The van der Waals surface area contributed by atoms with Gasteiger partial charge in [-0.2, -0.15) is 9.97 Å². The van der Waals surface area contributed by atoms with Gasteiger partial charge in [0.2, 0.25) is 18.0 Å². The molecule has 2 aliphatic heterocycles. The molecule has 0 bridgehead atoms. The van der Waals surface area contributed by atoms with Crippen LogP contribution in [0.2, 0.25) is 0 Å². The lowest BCUT2D eigenvalue weighted by molar-refractivity contribution is -0.145. The van der Waals surface area contributed by atoms with Crippen molar-refractivity contribution >= 4 is 34.9 Å². The number of benzene rings is 4. The summed E-state index contributed by atoms with van der Waals surface area (Å²) in [6.07, 6.45) is 2.10. The van der Waals surface area contributed by atoms with Gasteiger partial charge in [-0.1, -0.05) is 0 Å². The Kier molecular flexibility index (Phi) is 12.1. The molecule has 4 aromatic carbocycles. The van der Waals surface area contributed by atoms with E-state index >= 15 is 0 Å². The number of nitrogens with one attached hydrogen (secondary N) is 2. The second-order valence-corrected chi connectivity index (χ2v) is 15.8. The number of ether oxygens (including phenoxy) is 1. The summed E-state index contributed by atoms with van der Waals surface area (Å²) in [4.78, 5) is 28.8. The Morgan fingerprint density at radius 3 is 1.84 bits per heavy atom. The van der Waals surface area contributed by atoms with E-state index < -0.39 is 41.5 Å². The number of hydrogen-bond donors (Lipinski definition) is 3. The van der Waals surface area contributed by atoms with Crippen LogP contribution in [0.1, 0.15) is 36.5 Å². The number of rotatable bonds is 13. The summed E-state index contributed by atoms with van der Waals surface area (Å²) in [7, 11) is 0. The van der Waals surface area contributed by atoms with Gasteiger partial charge >= 0.3 is 0 Å². The first-order chi connectivity index (χ1) is 29.8. The third-order valence-electron chi connectivity index (χ3n) is 11.4. The van der Waals surface area contributed by atoms with Crippen molar-refractivity contribution in [2.75, 3.05) is 54.8 Å². The summed E-state index contributed by atoms with van der Waals surface area (Å²) < 4.78 is 64.4. The number of likely N-dealkylation sites (tertiary alicyclic amines) is 1. The molecule has 2 aliphatic rings. The van der Waals surface area contributed by atoms with Gasteiger partial charge in [0.1, 0.15) is 47.8 Å². The molecular weight excluding hydrogens is 807 g/mol. The lowest BCUT2D eigenvalue weighted by atomic mass is 10.0. The molecule has 8 rings (SSSR count). The Balaban J connectivity index is 0.943. The zero-order chi connectivity index (χ0) is 43.7. The van der Waals surface area contributed by atoms with Crippen LogP contribution in [0.5, 0.6) is 5.75 Å². The Morgan fingerprint density at radius 1 is 0.694 bits per heavy atom. The van der Waals surface area contributed by atoms with Crippen LogP contribution in [0, 0.1) is 44.0 Å². The molecule has 3 N–H and O–H groups in total. The topological polar surface area (TPSA) is 142 Å². The number of nitrogens with zero attached hydrogens (tertiary/aromatic N) is 9. The Labute approximate surface area is 355 Å². The Bertz CT molecular complexity index is 2530. The second-order valence-electron chi connectivity index (χ2n) is 15.8. The molecule has 2 fully saturated rings. The molecule has 0 spiro atoms. The number of aromatic nitrogens is 6. The van der Waals surface area contributed by atoms with Gasteiger partial charge in [0, 0.05) is 80.6 Å². The molecular formula is C44H47F4N11O3. The summed E-state index contributed by atoms with van der Waals surface area (Å²) in [5, 5.41) is 27.1. The van der Waals surface area contributed by atoms with Crippen molar-refractivity contribution in [3.63, 3.8) is 0 Å². The molecule has 6 aromatic rings. The fraction of sp³-hybridized carbons (Fsp3) is 0.341. The molecule has 1 amide bonds.